The normalized spacial score (nSPS) is 24.8. The van der Waals surface area contributed by atoms with E-state index in [2.05, 4.69) is 5.32 Å². The minimum atomic E-state index is -0.884. The number of nitrogens with zero attached hydrogens (tertiary/aromatic N) is 1. The molecule has 0 radical (unpaired) electrons. The van der Waals surface area contributed by atoms with E-state index in [1.807, 2.05) is 0 Å². The largest absolute Gasteiger partial charge is 0.481 e. The minimum absolute atomic E-state index is 0.0292. The van der Waals surface area contributed by atoms with Gasteiger partial charge < -0.3 is 20.6 Å². The number of carboxylic acids is 1. The second kappa shape index (κ2) is 6.53. The smallest absolute Gasteiger partial charge is 0.303 e. The van der Waals surface area contributed by atoms with Crippen molar-refractivity contribution in [3.05, 3.63) is 0 Å². The van der Waals surface area contributed by atoms with Gasteiger partial charge in [-0.15, -0.1) is 0 Å². The molecule has 1 heterocycles. The molecule has 1 amide bonds. The molecule has 0 bridgehead atoms. The number of aliphatic hydroxyl groups excluding tert-OH is 2. The van der Waals surface area contributed by atoms with Crippen LogP contribution in [-0.2, 0) is 9.59 Å². The SMILES string of the molecule is O=C(O)CCCNC(=O)CN1CC(O)C(O)C1. The molecule has 2 atom stereocenters. The summed E-state index contributed by atoms with van der Waals surface area (Å²) in [4.78, 5) is 23.3. The van der Waals surface area contributed by atoms with Gasteiger partial charge in [-0.05, 0) is 6.42 Å². The Morgan fingerprint density at radius 3 is 2.35 bits per heavy atom. The van der Waals surface area contributed by atoms with Gasteiger partial charge in [0.25, 0.3) is 0 Å². The van der Waals surface area contributed by atoms with Gasteiger partial charge in [-0.2, -0.15) is 0 Å². The lowest BCUT2D eigenvalue weighted by Crippen LogP contribution is -2.37. The highest BCUT2D eigenvalue weighted by atomic mass is 16.4. The van der Waals surface area contributed by atoms with Crippen molar-refractivity contribution in [2.75, 3.05) is 26.2 Å². The molecule has 1 aliphatic heterocycles. The zero-order valence-corrected chi connectivity index (χ0v) is 9.50. The van der Waals surface area contributed by atoms with E-state index in [9.17, 15) is 19.8 Å². The van der Waals surface area contributed by atoms with E-state index < -0.39 is 18.2 Å². The zero-order valence-electron chi connectivity index (χ0n) is 9.50. The van der Waals surface area contributed by atoms with Gasteiger partial charge in [0.15, 0.2) is 0 Å². The lowest BCUT2D eigenvalue weighted by atomic mass is 10.3. The highest BCUT2D eigenvalue weighted by Crippen LogP contribution is 2.08. The van der Waals surface area contributed by atoms with Crippen LogP contribution in [-0.4, -0.2) is 70.5 Å². The van der Waals surface area contributed by atoms with Gasteiger partial charge in [0.2, 0.25) is 5.91 Å². The van der Waals surface area contributed by atoms with Crippen LogP contribution in [0.15, 0.2) is 0 Å². The molecule has 7 heteroatoms. The molecule has 0 aliphatic carbocycles. The number of hydrogen-bond acceptors (Lipinski definition) is 5. The molecule has 17 heavy (non-hydrogen) atoms. The van der Waals surface area contributed by atoms with Crippen LogP contribution in [0.1, 0.15) is 12.8 Å². The van der Waals surface area contributed by atoms with E-state index >= 15 is 0 Å². The van der Waals surface area contributed by atoms with Crippen LogP contribution in [0, 0.1) is 0 Å². The lowest BCUT2D eigenvalue weighted by Gasteiger charge is -2.13. The van der Waals surface area contributed by atoms with Crippen LogP contribution in [0.2, 0.25) is 0 Å². The van der Waals surface area contributed by atoms with Crippen LogP contribution in [0.3, 0.4) is 0 Å². The van der Waals surface area contributed by atoms with Crippen LogP contribution < -0.4 is 5.32 Å². The molecule has 98 valence electrons. The number of nitrogens with one attached hydrogen (secondary N) is 1. The summed E-state index contributed by atoms with van der Waals surface area (Å²) < 4.78 is 0. The predicted molar refractivity (Wildman–Crippen MR) is 58.3 cm³/mol. The van der Waals surface area contributed by atoms with Gasteiger partial charge >= 0.3 is 5.97 Å². The monoisotopic (exact) mass is 246 g/mol. The molecule has 0 saturated carbocycles. The number of amides is 1. The molecule has 0 aromatic carbocycles. The maximum Gasteiger partial charge on any atom is 0.303 e. The van der Waals surface area contributed by atoms with Crippen molar-refractivity contribution in [1.29, 1.82) is 0 Å². The summed E-state index contributed by atoms with van der Waals surface area (Å²) in [6, 6.07) is 0. The molecule has 1 fully saturated rings. The first-order valence-corrected chi connectivity index (χ1v) is 5.56. The van der Waals surface area contributed by atoms with E-state index in [4.69, 9.17) is 5.11 Å². The number of hydrogen-bond donors (Lipinski definition) is 4. The molecule has 1 aliphatic rings. The van der Waals surface area contributed by atoms with Gasteiger partial charge in [0.05, 0.1) is 18.8 Å². The Labute approximate surface area is 99.0 Å². The second-order valence-corrected chi connectivity index (χ2v) is 4.18. The van der Waals surface area contributed by atoms with Gasteiger partial charge in [-0.3, -0.25) is 14.5 Å². The fourth-order valence-electron chi connectivity index (χ4n) is 1.70. The van der Waals surface area contributed by atoms with E-state index in [1.54, 1.807) is 4.90 Å². The second-order valence-electron chi connectivity index (χ2n) is 4.18. The van der Waals surface area contributed by atoms with Gasteiger partial charge in [-0.1, -0.05) is 0 Å². The number of aliphatic carboxylic acids is 1. The van der Waals surface area contributed by atoms with Crippen molar-refractivity contribution in [3.63, 3.8) is 0 Å². The van der Waals surface area contributed by atoms with Gasteiger partial charge in [0, 0.05) is 26.1 Å². The summed E-state index contributed by atoms with van der Waals surface area (Å²) in [6.07, 6.45) is -1.17. The highest BCUT2D eigenvalue weighted by molar-refractivity contribution is 5.78. The lowest BCUT2D eigenvalue weighted by molar-refractivity contribution is -0.137. The third kappa shape index (κ3) is 5.12. The molecule has 2 unspecified atom stereocenters. The number of aliphatic hydroxyl groups is 2. The Morgan fingerprint density at radius 2 is 1.82 bits per heavy atom. The summed E-state index contributed by atoms with van der Waals surface area (Å²) in [5, 5.41) is 29.5. The predicted octanol–water partition coefficient (Wildman–Crippen LogP) is -2.00. The van der Waals surface area contributed by atoms with Crippen LogP contribution >= 0.6 is 0 Å². The summed E-state index contributed by atoms with van der Waals surface area (Å²) in [5.41, 5.74) is 0. The highest BCUT2D eigenvalue weighted by Gasteiger charge is 2.30. The topological polar surface area (TPSA) is 110 Å². The average molecular weight is 246 g/mol. The molecule has 1 saturated heterocycles. The average Bonchev–Trinajstić information content (AvgIpc) is 2.52. The number of carboxylic acid groups (broad SMARTS) is 1. The molecular weight excluding hydrogens is 228 g/mol. The molecular formula is C10H18N2O5. The van der Waals surface area contributed by atoms with E-state index in [0.717, 1.165) is 0 Å². The molecule has 4 N–H and O–H groups in total. The quantitative estimate of drug-likeness (QED) is 0.404. The fourth-order valence-corrected chi connectivity index (χ4v) is 1.70. The number of β-amino-alcohol motifs (C(OH)–C–C–N with tert-alkyl or cyclic N) is 2. The first-order valence-electron chi connectivity index (χ1n) is 5.56. The maximum absolute atomic E-state index is 11.4. The van der Waals surface area contributed by atoms with Crippen LogP contribution in [0.4, 0.5) is 0 Å². The number of rotatable bonds is 6. The van der Waals surface area contributed by atoms with Crippen LogP contribution in [0.5, 0.6) is 0 Å². The summed E-state index contributed by atoms with van der Waals surface area (Å²) >= 11 is 0. The van der Waals surface area contributed by atoms with Crippen molar-refractivity contribution in [3.8, 4) is 0 Å². The Hall–Kier alpha value is -1.18. The van der Waals surface area contributed by atoms with Crippen molar-refractivity contribution >= 4 is 11.9 Å². The first-order chi connectivity index (χ1) is 7.99. The molecule has 0 spiro atoms. The Morgan fingerprint density at radius 1 is 1.24 bits per heavy atom. The van der Waals surface area contributed by atoms with Crippen LogP contribution in [0.25, 0.3) is 0 Å². The Kier molecular flexibility index (Phi) is 5.33. The van der Waals surface area contributed by atoms with Crippen molar-refractivity contribution in [2.45, 2.75) is 25.0 Å². The Bertz CT molecular complexity index is 274. The molecule has 1 rings (SSSR count). The number of carbonyl (C=O) groups excluding carboxylic acids is 1. The van der Waals surface area contributed by atoms with Gasteiger partial charge in [0.1, 0.15) is 0 Å². The standard InChI is InChI=1S/C10H18N2O5/c13-7-4-12(5-8(7)14)6-9(15)11-3-1-2-10(16)17/h7-8,13-14H,1-6H2,(H,11,15)(H,16,17). The Balaban J connectivity index is 2.11. The zero-order chi connectivity index (χ0) is 12.8. The third-order valence-electron chi connectivity index (χ3n) is 2.59. The fraction of sp³-hybridized carbons (Fsp3) is 0.800. The van der Waals surface area contributed by atoms with Crippen molar-refractivity contribution in [2.24, 2.45) is 0 Å². The van der Waals surface area contributed by atoms with Crippen molar-refractivity contribution < 1.29 is 24.9 Å². The van der Waals surface area contributed by atoms with Crippen molar-refractivity contribution in [1.82, 2.24) is 10.2 Å². The molecule has 7 nitrogen and oxygen atoms in total. The minimum Gasteiger partial charge on any atom is -0.481 e. The number of likely N-dealkylation sites (tertiary alicyclic amines) is 1. The van der Waals surface area contributed by atoms with E-state index in [0.29, 0.717) is 13.0 Å². The van der Waals surface area contributed by atoms with E-state index in [-0.39, 0.29) is 32.0 Å². The van der Waals surface area contributed by atoms with Gasteiger partial charge in [-0.25, -0.2) is 0 Å². The summed E-state index contributed by atoms with van der Waals surface area (Å²) in [6.45, 7) is 0.999. The maximum atomic E-state index is 11.4. The summed E-state index contributed by atoms with van der Waals surface area (Å²) in [5.74, 6) is -1.11. The third-order valence-corrected chi connectivity index (χ3v) is 2.59. The summed E-state index contributed by atoms with van der Waals surface area (Å²) in [7, 11) is 0. The first kappa shape index (κ1) is 13.9. The van der Waals surface area contributed by atoms with E-state index in [1.165, 1.54) is 0 Å². The number of carbonyl (C=O) groups is 2. The molecule has 0 aromatic rings. The molecule has 0 aromatic heterocycles.